The van der Waals surface area contributed by atoms with Crippen LogP contribution in [0.4, 0.5) is 13.2 Å². The number of fused-ring (bicyclic) bond motifs is 1. The minimum Gasteiger partial charge on any atom is -0.496 e. The molecule has 6 heteroatoms. The van der Waals surface area contributed by atoms with Gasteiger partial charge in [0.05, 0.1) is 7.11 Å². The molecular weight excluding hydrogens is 355 g/mol. The number of hydrogen-bond acceptors (Lipinski definition) is 2. The van der Waals surface area contributed by atoms with Gasteiger partial charge < -0.3 is 9.64 Å². The number of benzene rings is 2. The zero-order chi connectivity index (χ0) is 19.6. The van der Waals surface area contributed by atoms with E-state index >= 15 is 0 Å². The van der Waals surface area contributed by atoms with Gasteiger partial charge in [-0.15, -0.1) is 0 Å². The van der Waals surface area contributed by atoms with Crippen LogP contribution >= 0.6 is 0 Å². The predicted octanol–water partition coefficient (Wildman–Crippen LogP) is 4.34. The van der Waals surface area contributed by atoms with Gasteiger partial charge in [-0.05, 0) is 40.7 Å². The summed E-state index contributed by atoms with van der Waals surface area (Å²) in [5.74, 6) is -1.23. The number of carbonyl (C=O) groups excluding carboxylic acids is 1. The molecule has 1 aliphatic heterocycles. The summed E-state index contributed by atoms with van der Waals surface area (Å²) in [6, 6.07) is 13.9. The highest BCUT2D eigenvalue weighted by Crippen LogP contribution is 2.33. The van der Waals surface area contributed by atoms with Crippen molar-refractivity contribution in [3.63, 3.8) is 0 Å². The fraction of sp³-hybridized carbons (Fsp3) is 0.381. The molecule has 0 N–H and O–H groups in total. The third-order valence-electron chi connectivity index (χ3n) is 4.99. The van der Waals surface area contributed by atoms with Crippen LogP contribution in [0.25, 0.3) is 0 Å². The summed E-state index contributed by atoms with van der Waals surface area (Å²) in [5, 5.41) is 0. The smallest absolute Gasteiger partial charge is 0.471 e. The van der Waals surface area contributed by atoms with Gasteiger partial charge in [0.2, 0.25) is 0 Å². The van der Waals surface area contributed by atoms with Crippen LogP contribution in [0.5, 0.6) is 5.75 Å². The summed E-state index contributed by atoms with van der Waals surface area (Å²) in [6.45, 7) is 1.97. The molecule has 1 atom stereocenters. The first-order chi connectivity index (χ1) is 12.8. The van der Waals surface area contributed by atoms with Crippen LogP contribution in [-0.2, 0) is 17.6 Å². The summed E-state index contributed by atoms with van der Waals surface area (Å²) in [5.41, 5.74) is 4.05. The Labute approximate surface area is 156 Å². The van der Waals surface area contributed by atoms with Gasteiger partial charge in [-0.3, -0.25) is 4.79 Å². The van der Waals surface area contributed by atoms with Gasteiger partial charge in [-0.1, -0.05) is 43.3 Å². The average Bonchev–Trinajstić information content (AvgIpc) is 2.79. The average molecular weight is 377 g/mol. The molecule has 2 aromatic rings. The van der Waals surface area contributed by atoms with E-state index in [0.29, 0.717) is 12.8 Å². The fourth-order valence-electron chi connectivity index (χ4n) is 3.64. The second kappa shape index (κ2) is 7.62. The van der Waals surface area contributed by atoms with Crippen molar-refractivity contribution in [1.29, 1.82) is 0 Å². The normalized spacial score (nSPS) is 17.2. The van der Waals surface area contributed by atoms with Gasteiger partial charge in [-0.2, -0.15) is 13.2 Å². The number of rotatable bonds is 3. The molecule has 0 saturated carbocycles. The predicted molar refractivity (Wildman–Crippen MR) is 97.0 cm³/mol. The summed E-state index contributed by atoms with van der Waals surface area (Å²) in [4.78, 5) is 12.6. The molecular formula is C21H22F3NO2. The number of methoxy groups -OCH3 is 1. The van der Waals surface area contributed by atoms with Crippen molar-refractivity contribution in [2.75, 3.05) is 20.2 Å². The van der Waals surface area contributed by atoms with Crippen LogP contribution in [0.2, 0.25) is 0 Å². The Kier molecular flexibility index (Phi) is 5.44. The molecule has 1 aliphatic rings. The van der Waals surface area contributed by atoms with Gasteiger partial charge in [-0.25, -0.2) is 0 Å². The van der Waals surface area contributed by atoms with Crippen molar-refractivity contribution in [2.45, 2.75) is 31.9 Å². The zero-order valence-corrected chi connectivity index (χ0v) is 15.3. The maximum absolute atomic E-state index is 12.8. The Morgan fingerprint density at radius 1 is 1.22 bits per heavy atom. The van der Waals surface area contributed by atoms with Crippen molar-refractivity contribution in [1.82, 2.24) is 4.90 Å². The molecule has 0 saturated heterocycles. The van der Waals surface area contributed by atoms with E-state index < -0.39 is 12.1 Å². The van der Waals surface area contributed by atoms with E-state index in [9.17, 15) is 18.0 Å². The van der Waals surface area contributed by atoms with Crippen LogP contribution < -0.4 is 4.74 Å². The molecule has 0 fully saturated rings. The molecule has 1 amide bonds. The molecule has 0 aliphatic carbocycles. The van der Waals surface area contributed by atoms with Crippen LogP contribution in [0.3, 0.4) is 0 Å². The number of nitrogens with zero attached hydrogens (tertiary/aromatic N) is 1. The largest absolute Gasteiger partial charge is 0.496 e. The van der Waals surface area contributed by atoms with Crippen molar-refractivity contribution >= 4 is 5.91 Å². The van der Waals surface area contributed by atoms with Gasteiger partial charge in [0.1, 0.15) is 5.75 Å². The number of hydrogen-bond donors (Lipinski definition) is 0. The molecule has 0 aromatic heterocycles. The lowest BCUT2D eigenvalue weighted by atomic mass is 9.91. The second-order valence-corrected chi connectivity index (χ2v) is 6.93. The maximum atomic E-state index is 12.8. The Balaban J connectivity index is 1.91. The summed E-state index contributed by atoms with van der Waals surface area (Å²) in [6.07, 6.45) is -3.79. The van der Waals surface area contributed by atoms with Crippen LogP contribution in [-0.4, -0.2) is 37.2 Å². The van der Waals surface area contributed by atoms with E-state index in [-0.39, 0.29) is 19.0 Å². The molecule has 27 heavy (non-hydrogen) atoms. The topological polar surface area (TPSA) is 29.5 Å². The zero-order valence-electron chi connectivity index (χ0n) is 15.3. The number of carbonyl (C=O) groups is 1. The molecule has 3 rings (SSSR count). The van der Waals surface area contributed by atoms with Crippen LogP contribution in [0.1, 0.15) is 35.1 Å². The lowest BCUT2D eigenvalue weighted by Crippen LogP contribution is -2.42. The maximum Gasteiger partial charge on any atom is 0.471 e. The van der Waals surface area contributed by atoms with Gasteiger partial charge in [0, 0.05) is 19.5 Å². The minimum absolute atomic E-state index is 0.0524. The molecule has 144 valence electrons. The van der Waals surface area contributed by atoms with Crippen molar-refractivity contribution < 1.29 is 22.7 Å². The van der Waals surface area contributed by atoms with Crippen molar-refractivity contribution in [3.8, 4) is 5.75 Å². The number of halogens is 3. The van der Waals surface area contributed by atoms with Crippen LogP contribution in [0.15, 0.2) is 42.5 Å². The molecule has 0 radical (unpaired) electrons. The lowest BCUT2D eigenvalue weighted by molar-refractivity contribution is -0.185. The summed E-state index contributed by atoms with van der Waals surface area (Å²) < 4.78 is 44.0. The number of ether oxygens (including phenoxy) is 1. The SMILES string of the molecule is COc1cc2c(cc1Cc1ccccc1)C(C)CN(C(=O)C(F)(F)F)CC2. The Morgan fingerprint density at radius 3 is 2.56 bits per heavy atom. The number of amides is 1. The van der Waals surface area contributed by atoms with E-state index in [1.807, 2.05) is 49.4 Å². The highest BCUT2D eigenvalue weighted by atomic mass is 19.4. The summed E-state index contributed by atoms with van der Waals surface area (Å²) in [7, 11) is 1.59. The second-order valence-electron chi connectivity index (χ2n) is 6.93. The minimum atomic E-state index is -4.84. The van der Waals surface area contributed by atoms with E-state index in [1.54, 1.807) is 7.11 Å². The van der Waals surface area contributed by atoms with Crippen LogP contribution in [0, 0.1) is 0 Å². The molecule has 1 unspecified atom stereocenters. The number of alkyl halides is 3. The summed E-state index contributed by atoms with van der Waals surface area (Å²) >= 11 is 0. The molecule has 0 bridgehead atoms. The third-order valence-corrected chi connectivity index (χ3v) is 4.99. The third kappa shape index (κ3) is 4.26. The van der Waals surface area contributed by atoms with Crippen molar-refractivity contribution in [2.24, 2.45) is 0 Å². The molecule has 2 aromatic carbocycles. The van der Waals surface area contributed by atoms with E-state index in [4.69, 9.17) is 4.74 Å². The highest BCUT2D eigenvalue weighted by Gasteiger charge is 2.43. The monoisotopic (exact) mass is 377 g/mol. The standard InChI is InChI=1S/C21H22F3NO2/c1-14-13-25(20(26)21(22,23)24)9-8-16-12-19(27-2)17(11-18(14)16)10-15-6-4-3-5-7-15/h3-7,11-12,14H,8-10,13H2,1-2H3. The molecule has 1 heterocycles. The van der Waals surface area contributed by atoms with E-state index in [1.165, 1.54) is 0 Å². The van der Waals surface area contributed by atoms with E-state index in [2.05, 4.69) is 0 Å². The quantitative estimate of drug-likeness (QED) is 0.797. The van der Waals surface area contributed by atoms with Gasteiger partial charge >= 0.3 is 12.1 Å². The van der Waals surface area contributed by atoms with Gasteiger partial charge in [0.25, 0.3) is 0 Å². The first-order valence-electron chi connectivity index (χ1n) is 8.89. The van der Waals surface area contributed by atoms with Gasteiger partial charge in [0.15, 0.2) is 0 Å². The molecule has 3 nitrogen and oxygen atoms in total. The highest BCUT2D eigenvalue weighted by molar-refractivity contribution is 5.82. The first-order valence-corrected chi connectivity index (χ1v) is 8.89. The first kappa shape index (κ1) is 19.3. The Bertz CT molecular complexity index is 818. The Hall–Kier alpha value is -2.50. The fourth-order valence-corrected chi connectivity index (χ4v) is 3.64. The lowest BCUT2D eigenvalue weighted by Gasteiger charge is -2.24. The Morgan fingerprint density at radius 2 is 1.93 bits per heavy atom. The van der Waals surface area contributed by atoms with E-state index in [0.717, 1.165) is 32.9 Å². The molecule has 0 spiro atoms. The van der Waals surface area contributed by atoms with Crippen molar-refractivity contribution in [3.05, 3.63) is 64.7 Å².